The molecule has 1 N–H and O–H groups in total. The molecule has 0 saturated carbocycles. The maximum Gasteiger partial charge on any atom is 0.163 e. The van der Waals surface area contributed by atoms with Crippen LogP contribution in [0.2, 0.25) is 0 Å². The van der Waals surface area contributed by atoms with Gasteiger partial charge < -0.3 is 10.1 Å². The van der Waals surface area contributed by atoms with E-state index < -0.39 is 0 Å². The highest BCUT2D eigenvalue weighted by molar-refractivity contribution is 5.58. The number of anilines is 1. The second kappa shape index (κ2) is 1.87. The number of fused-ring (bicyclic) bond motifs is 1. The van der Waals surface area contributed by atoms with Gasteiger partial charge >= 0.3 is 0 Å². The molecule has 0 radical (unpaired) electrons. The summed E-state index contributed by atoms with van der Waals surface area (Å²) in [6.45, 7) is 2.53. The predicted molar refractivity (Wildman–Crippen MR) is 38.1 cm³/mol. The Kier molecular flexibility index (Phi) is 1.03. The molecular formula is C7H8N2O. The van der Waals surface area contributed by atoms with Crippen molar-refractivity contribution in [2.24, 2.45) is 0 Å². The van der Waals surface area contributed by atoms with E-state index in [0.717, 1.165) is 17.1 Å². The first kappa shape index (κ1) is 5.53. The molecule has 0 spiro atoms. The summed E-state index contributed by atoms with van der Waals surface area (Å²) in [5.41, 5.74) is 2.06. The van der Waals surface area contributed by atoms with Crippen LogP contribution in [0.1, 0.15) is 5.69 Å². The minimum Gasteiger partial charge on any atom is -0.470 e. The minimum absolute atomic E-state index is 0.570. The van der Waals surface area contributed by atoms with Crippen LogP contribution in [-0.2, 0) is 0 Å². The van der Waals surface area contributed by atoms with E-state index in [0.29, 0.717) is 6.73 Å². The van der Waals surface area contributed by atoms with Gasteiger partial charge in [-0.2, -0.15) is 0 Å². The molecule has 0 fully saturated rings. The van der Waals surface area contributed by atoms with Crippen molar-refractivity contribution in [3.63, 3.8) is 0 Å². The van der Waals surface area contributed by atoms with Crippen molar-refractivity contribution >= 4 is 5.69 Å². The summed E-state index contributed by atoms with van der Waals surface area (Å²) in [6, 6.07) is 1.97. The molecule has 0 unspecified atom stereocenters. The van der Waals surface area contributed by atoms with Crippen molar-refractivity contribution in [3.8, 4) is 5.75 Å². The maximum absolute atomic E-state index is 5.18. The van der Waals surface area contributed by atoms with Gasteiger partial charge in [0, 0.05) is 5.69 Å². The van der Waals surface area contributed by atoms with Crippen LogP contribution in [0.3, 0.4) is 0 Å². The molecule has 1 aliphatic heterocycles. The van der Waals surface area contributed by atoms with Crippen molar-refractivity contribution in [3.05, 3.63) is 18.0 Å². The Morgan fingerprint density at radius 2 is 2.60 bits per heavy atom. The van der Waals surface area contributed by atoms with Crippen molar-refractivity contribution < 1.29 is 4.74 Å². The Balaban J connectivity index is 2.52. The number of rotatable bonds is 0. The van der Waals surface area contributed by atoms with E-state index in [4.69, 9.17) is 4.74 Å². The molecule has 0 aliphatic carbocycles. The Labute approximate surface area is 59.0 Å². The number of hydrogen-bond acceptors (Lipinski definition) is 3. The molecule has 0 saturated heterocycles. The molecule has 0 atom stereocenters. The van der Waals surface area contributed by atoms with Crippen LogP contribution < -0.4 is 10.1 Å². The average molecular weight is 136 g/mol. The van der Waals surface area contributed by atoms with Gasteiger partial charge in [-0.3, -0.25) is 4.98 Å². The third kappa shape index (κ3) is 0.708. The average Bonchev–Trinajstić information content (AvgIpc) is 2.33. The summed E-state index contributed by atoms with van der Waals surface area (Å²) in [4.78, 5) is 4.09. The normalized spacial score (nSPS) is 13.7. The van der Waals surface area contributed by atoms with Crippen molar-refractivity contribution in [1.29, 1.82) is 0 Å². The van der Waals surface area contributed by atoms with E-state index in [1.54, 1.807) is 6.20 Å². The molecule has 1 aromatic heterocycles. The highest BCUT2D eigenvalue weighted by atomic mass is 16.5. The first-order valence-corrected chi connectivity index (χ1v) is 3.19. The van der Waals surface area contributed by atoms with E-state index in [1.807, 2.05) is 13.0 Å². The lowest BCUT2D eigenvalue weighted by Crippen LogP contribution is -1.96. The Morgan fingerprint density at radius 1 is 1.70 bits per heavy atom. The number of hydrogen-bond donors (Lipinski definition) is 1. The van der Waals surface area contributed by atoms with Crippen LogP contribution in [0.15, 0.2) is 12.3 Å². The van der Waals surface area contributed by atoms with E-state index in [-0.39, 0.29) is 0 Å². The highest BCUT2D eigenvalue weighted by Gasteiger charge is 2.09. The van der Waals surface area contributed by atoms with Crippen LogP contribution in [0.5, 0.6) is 5.75 Å². The molecule has 0 bridgehead atoms. The highest BCUT2D eigenvalue weighted by Crippen LogP contribution is 2.27. The molecule has 1 aromatic rings. The van der Waals surface area contributed by atoms with Gasteiger partial charge in [-0.15, -0.1) is 0 Å². The van der Waals surface area contributed by atoms with Crippen molar-refractivity contribution in [2.45, 2.75) is 6.92 Å². The summed E-state index contributed by atoms with van der Waals surface area (Å²) in [6.07, 6.45) is 1.74. The Morgan fingerprint density at radius 3 is 3.50 bits per heavy atom. The van der Waals surface area contributed by atoms with Gasteiger partial charge in [-0.25, -0.2) is 0 Å². The molecule has 10 heavy (non-hydrogen) atoms. The molecule has 2 heterocycles. The van der Waals surface area contributed by atoms with Gasteiger partial charge in [0.05, 0.1) is 11.9 Å². The first-order chi connectivity index (χ1) is 4.86. The summed E-state index contributed by atoms with van der Waals surface area (Å²) in [5.74, 6) is 0.852. The number of aromatic nitrogens is 1. The van der Waals surface area contributed by atoms with Crippen LogP contribution >= 0.6 is 0 Å². The molecule has 0 aromatic carbocycles. The monoisotopic (exact) mass is 136 g/mol. The topological polar surface area (TPSA) is 34.1 Å². The number of nitrogens with zero attached hydrogens (tertiary/aromatic N) is 1. The number of pyridine rings is 1. The Hall–Kier alpha value is -1.25. The summed E-state index contributed by atoms with van der Waals surface area (Å²) in [7, 11) is 0. The SMILES string of the molecule is Cc1cc2c(cn1)OCN2. The minimum atomic E-state index is 0.570. The van der Waals surface area contributed by atoms with Gasteiger partial charge in [-0.05, 0) is 13.0 Å². The third-order valence-electron chi connectivity index (χ3n) is 1.49. The molecule has 3 heteroatoms. The molecule has 0 amide bonds. The van der Waals surface area contributed by atoms with E-state index >= 15 is 0 Å². The number of nitrogens with one attached hydrogen (secondary N) is 1. The second-order valence-electron chi connectivity index (χ2n) is 2.29. The van der Waals surface area contributed by atoms with Gasteiger partial charge in [-0.1, -0.05) is 0 Å². The van der Waals surface area contributed by atoms with Crippen LogP contribution in [0.25, 0.3) is 0 Å². The smallest absolute Gasteiger partial charge is 0.163 e. The number of aryl methyl sites for hydroxylation is 1. The fourth-order valence-electron chi connectivity index (χ4n) is 0.992. The zero-order valence-corrected chi connectivity index (χ0v) is 5.72. The van der Waals surface area contributed by atoms with Crippen LogP contribution in [-0.4, -0.2) is 11.7 Å². The molecule has 2 rings (SSSR count). The largest absolute Gasteiger partial charge is 0.470 e. The molecule has 1 aliphatic rings. The molecule has 3 nitrogen and oxygen atoms in total. The summed E-state index contributed by atoms with van der Waals surface area (Å²) >= 11 is 0. The lowest BCUT2D eigenvalue weighted by atomic mass is 10.3. The fourth-order valence-corrected chi connectivity index (χ4v) is 0.992. The quantitative estimate of drug-likeness (QED) is 0.581. The lowest BCUT2D eigenvalue weighted by molar-refractivity contribution is 0.371. The summed E-state index contributed by atoms with van der Waals surface area (Å²) < 4.78 is 5.18. The fraction of sp³-hybridized carbons (Fsp3) is 0.286. The predicted octanol–water partition coefficient (Wildman–Crippen LogP) is 1.15. The lowest BCUT2D eigenvalue weighted by Gasteiger charge is -1.95. The van der Waals surface area contributed by atoms with E-state index in [1.165, 1.54) is 0 Å². The van der Waals surface area contributed by atoms with Crippen molar-refractivity contribution in [2.75, 3.05) is 12.0 Å². The second-order valence-corrected chi connectivity index (χ2v) is 2.29. The van der Waals surface area contributed by atoms with E-state index in [9.17, 15) is 0 Å². The van der Waals surface area contributed by atoms with Gasteiger partial charge in [0.1, 0.15) is 0 Å². The van der Waals surface area contributed by atoms with Gasteiger partial charge in [0.25, 0.3) is 0 Å². The van der Waals surface area contributed by atoms with Crippen LogP contribution in [0.4, 0.5) is 5.69 Å². The van der Waals surface area contributed by atoms with E-state index in [2.05, 4.69) is 10.3 Å². The zero-order valence-electron chi connectivity index (χ0n) is 5.72. The third-order valence-corrected chi connectivity index (χ3v) is 1.49. The van der Waals surface area contributed by atoms with Gasteiger partial charge in [0.15, 0.2) is 12.5 Å². The van der Waals surface area contributed by atoms with Crippen molar-refractivity contribution in [1.82, 2.24) is 4.98 Å². The zero-order chi connectivity index (χ0) is 6.97. The Bertz CT molecular complexity index is 260. The maximum atomic E-state index is 5.18. The number of ether oxygens (including phenoxy) is 1. The standard InChI is InChI=1S/C7H8N2O/c1-5-2-6-7(3-8-5)10-4-9-6/h2-3,9H,4H2,1H3. The molecule has 52 valence electrons. The summed E-state index contributed by atoms with van der Waals surface area (Å²) in [5, 5.41) is 3.08. The molecular weight excluding hydrogens is 128 g/mol. The van der Waals surface area contributed by atoms with Crippen LogP contribution in [0, 0.1) is 6.92 Å². The first-order valence-electron chi connectivity index (χ1n) is 3.19. The van der Waals surface area contributed by atoms with Gasteiger partial charge in [0.2, 0.25) is 0 Å².